The van der Waals surface area contributed by atoms with Gasteiger partial charge in [-0.15, -0.1) is 0 Å². The zero-order valence-electron chi connectivity index (χ0n) is 16.0. The van der Waals surface area contributed by atoms with Gasteiger partial charge in [-0.05, 0) is 30.3 Å². The molecule has 1 fully saturated rings. The number of carboxylic acid groups (broad SMARTS) is 1. The lowest BCUT2D eigenvalue weighted by Crippen LogP contribution is -2.42. The SMILES string of the molecule is N=C1SC(C(=O)Nc2ccc(C(=O)O)cc2)CC(=O)N1/N=C/c1c[nH]c2ccccc12. The van der Waals surface area contributed by atoms with Crippen molar-refractivity contribution in [1.29, 1.82) is 5.41 Å². The molecule has 2 heterocycles. The molecule has 1 aromatic heterocycles. The zero-order chi connectivity index (χ0) is 22.0. The molecule has 156 valence electrons. The van der Waals surface area contributed by atoms with Gasteiger partial charge in [0, 0.05) is 28.4 Å². The maximum Gasteiger partial charge on any atom is 0.335 e. The van der Waals surface area contributed by atoms with Crippen LogP contribution in [-0.4, -0.2) is 49.5 Å². The predicted octanol–water partition coefficient (Wildman–Crippen LogP) is 3.11. The van der Waals surface area contributed by atoms with Crippen LogP contribution in [0.4, 0.5) is 5.69 Å². The number of nitrogens with zero attached hydrogens (tertiary/aromatic N) is 2. The molecule has 1 aliphatic heterocycles. The van der Waals surface area contributed by atoms with Gasteiger partial charge in [-0.3, -0.25) is 15.0 Å². The molecule has 31 heavy (non-hydrogen) atoms. The molecule has 0 aliphatic carbocycles. The number of hydrogen-bond acceptors (Lipinski definition) is 6. The summed E-state index contributed by atoms with van der Waals surface area (Å²) >= 11 is 0.935. The van der Waals surface area contributed by atoms with Gasteiger partial charge in [0.25, 0.3) is 5.91 Å². The lowest BCUT2D eigenvalue weighted by molar-refractivity contribution is -0.129. The Kier molecular flexibility index (Phi) is 5.54. The number of aromatic carboxylic acids is 1. The van der Waals surface area contributed by atoms with Crippen LogP contribution in [0, 0.1) is 5.41 Å². The van der Waals surface area contributed by atoms with E-state index in [0.717, 1.165) is 33.2 Å². The largest absolute Gasteiger partial charge is 0.478 e. The minimum absolute atomic E-state index is 0.103. The van der Waals surface area contributed by atoms with Crippen molar-refractivity contribution in [1.82, 2.24) is 9.99 Å². The quantitative estimate of drug-likeness (QED) is 0.456. The molecule has 1 saturated heterocycles. The van der Waals surface area contributed by atoms with Gasteiger partial charge in [0.15, 0.2) is 5.17 Å². The first-order valence-corrected chi connectivity index (χ1v) is 10.1. The smallest absolute Gasteiger partial charge is 0.335 e. The number of thioether (sulfide) groups is 1. The Morgan fingerprint density at radius 1 is 1.23 bits per heavy atom. The fourth-order valence-electron chi connectivity index (χ4n) is 3.09. The van der Waals surface area contributed by atoms with Crippen LogP contribution < -0.4 is 5.32 Å². The summed E-state index contributed by atoms with van der Waals surface area (Å²) in [5.41, 5.74) is 2.23. The van der Waals surface area contributed by atoms with Gasteiger partial charge < -0.3 is 15.4 Å². The van der Waals surface area contributed by atoms with Crippen molar-refractivity contribution in [3.63, 3.8) is 0 Å². The number of aromatic nitrogens is 1. The molecule has 0 saturated carbocycles. The Balaban J connectivity index is 1.41. The Morgan fingerprint density at radius 3 is 2.68 bits per heavy atom. The molecular weight excluding hydrogens is 418 g/mol. The number of amides is 2. The number of amidine groups is 1. The molecule has 9 nitrogen and oxygen atoms in total. The normalized spacial score (nSPS) is 16.8. The summed E-state index contributed by atoms with van der Waals surface area (Å²) in [5, 5.41) is 24.9. The molecule has 0 bridgehead atoms. The maximum atomic E-state index is 12.5. The highest BCUT2D eigenvalue weighted by Gasteiger charge is 2.35. The average Bonchev–Trinajstić information content (AvgIpc) is 3.16. The summed E-state index contributed by atoms with van der Waals surface area (Å²) in [6.45, 7) is 0. The van der Waals surface area contributed by atoms with Crippen molar-refractivity contribution in [3.8, 4) is 0 Å². The van der Waals surface area contributed by atoms with Gasteiger partial charge in [-0.1, -0.05) is 30.0 Å². The molecule has 1 atom stereocenters. The summed E-state index contributed by atoms with van der Waals surface area (Å²) in [6.07, 6.45) is 3.17. The molecule has 3 aromatic rings. The number of aromatic amines is 1. The van der Waals surface area contributed by atoms with E-state index in [1.165, 1.54) is 30.5 Å². The molecule has 10 heteroatoms. The first kappa shape index (κ1) is 20.4. The minimum Gasteiger partial charge on any atom is -0.478 e. The monoisotopic (exact) mass is 435 g/mol. The third-order valence-corrected chi connectivity index (χ3v) is 5.73. The number of benzene rings is 2. The number of carboxylic acids is 1. The summed E-state index contributed by atoms with van der Waals surface area (Å²) in [6, 6.07) is 13.4. The lowest BCUT2D eigenvalue weighted by atomic mass is 10.2. The van der Waals surface area contributed by atoms with E-state index in [1.54, 1.807) is 6.20 Å². The molecule has 1 aliphatic rings. The average molecular weight is 435 g/mol. The van der Waals surface area contributed by atoms with E-state index in [-0.39, 0.29) is 17.2 Å². The molecule has 0 radical (unpaired) electrons. The fraction of sp³-hybridized carbons (Fsp3) is 0.0952. The molecule has 2 aromatic carbocycles. The van der Waals surface area contributed by atoms with Crippen molar-refractivity contribution in [2.24, 2.45) is 5.10 Å². The Hall–Kier alpha value is -3.92. The second-order valence-electron chi connectivity index (χ2n) is 6.73. The van der Waals surface area contributed by atoms with Gasteiger partial charge in [0.2, 0.25) is 5.91 Å². The number of H-pyrrole nitrogens is 1. The third kappa shape index (κ3) is 4.33. The predicted molar refractivity (Wildman–Crippen MR) is 118 cm³/mol. The summed E-state index contributed by atoms with van der Waals surface area (Å²) < 4.78 is 0. The lowest BCUT2D eigenvalue weighted by Gasteiger charge is -2.27. The van der Waals surface area contributed by atoms with Crippen LogP contribution in [0.3, 0.4) is 0 Å². The highest BCUT2D eigenvalue weighted by Crippen LogP contribution is 2.27. The van der Waals surface area contributed by atoms with E-state index in [4.69, 9.17) is 10.5 Å². The van der Waals surface area contributed by atoms with Crippen molar-refractivity contribution < 1.29 is 19.5 Å². The standard InChI is InChI=1S/C21H17N5O4S/c22-21-26(24-11-13-10-23-16-4-2-1-3-15(13)16)18(27)9-17(31-21)19(28)25-14-7-5-12(6-8-14)20(29)30/h1-8,10-11,17,22-23H,9H2,(H,25,28)(H,29,30)/b22-21?,24-11+. The third-order valence-electron chi connectivity index (χ3n) is 4.67. The Labute approximate surface area is 180 Å². The molecular formula is C21H17N5O4S. The number of hydrogen-bond donors (Lipinski definition) is 4. The van der Waals surface area contributed by atoms with E-state index in [9.17, 15) is 14.4 Å². The number of rotatable bonds is 5. The summed E-state index contributed by atoms with van der Waals surface area (Å²) in [4.78, 5) is 39.1. The van der Waals surface area contributed by atoms with Gasteiger partial charge in [0.05, 0.1) is 18.2 Å². The van der Waals surface area contributed by atoms with Gasteiger partial charge in [-0.2, -0.15) is 10.1 Å². The number of para-hydroxylation sites is 1. The van der Waals surface area contributed by atoms with E-state index in [0.29, 0.717) is 5.69 Å². The molecule has 1 unspecified atom stereocenters. The van der Waals surface area contributed by atoms with Gasteiger partial charge >= 0.3 is 5.97 Å². The first-order chi connectivity index (χ1) is 14.9. The second-order valence-corrected chi connectivity index (χ2v) is 7.92. The number of nitrogens with one attached hydrogen (secondary N) is 3. The van der Waals surface area contributed by atoms with Gasteiger partial charge in [0.1, 0.15) is 5.25 Å². The van der Waals surface area contributed by atoms with Crippen molar-refractivity contribution in [2.45, 2.75) is 11.7 Å². The highest BCUT2D eigenvalue weighted by molar-refractivity contribution is 8.14. The highest BCUT2D eigenvalue weighted by atomic mass is 32.2. The first-order valence-electron chi connectivity index (χ1n) is 9.25. The van der Waals surface area contributed by atoms with Crippen LogP contribution in [0.5, 0.6) is 0 Å². The van der Waals surface area contributed by atoms with Crippen molar-refractivity contribution in [3.05, 3.63) is 65.9 Å². The zero-order valence-corrected chi connectivity index (χ0v) is 16.8. The van der Waals surface area contributed by atoms with Crippen LogP contribution in [0.15, 0.2) is 59.8 Å². The van der Waals surface area contributed by atoms with E-state index < -0.39 is 23.0 Å². The number of carbonyl (C=O) groups excluding carboxylic acids is 2. The summed E-state index contributed by atoms with van der Waals surface area (Å²) in [7, 11) is 0. The minimum atomic E-state index is -1.06. The summed E-state index contributed by atoms with van der Waals surface area (Å²) in [5.74, 6) is -1.96. The molecule has 4 N–H and O–H groups in total. The topological polar surface area (TPSA) is 139 Å². The Bertz CT molecular complexity index is 1200. The molecule has 4 rings (SSSR count). The van der Waals surface area contributed by atoms with Gasteiger partial charge in [-0.25, -0.2) is 4.79 Å². The van der Waals surface area contributed by atoms with Crippen molar-refractivity contribution >= 4 is 57.5 Å². The van der Waals surface area contributed by atoms with Crippen LogP contribution >= 0.6 is 11.8 Å². The Morgan fingerprint density at radius 2 is 1.97 bits per heavy atom. The van der Waals surface area contributed by atoms with Crippen LogP contribution in [0.1, 0.15) is 22.3 Å². The van der Waals surface area contributed by atoms with Crippen LogP contribution in [0.25, 0.3) is 10.9 Å². The van der Waals surface area contributed by atoms with E-state index >= 15 is 0 Å². The van der Waals surface area contributed by atoms with Crippen molar-refractivity contribution in [2.75, 3.05) is 5.32 Å². The van der Waals surface area contributed by atoms with Crippen LogP contribution in [0.2, 0.25) is 0 Å². The van der Waals surface area contributed by atoms with E-state index in [2.05, 4.69) is 15.4 Å². The fourth-order valence-corrected chi connectivity index (χ4v) is 4.00. The number of anilines is 1. The number of carbonyl (C=O) groups is 3. The van der Waals surface area contributed by atoms with E-state index in [1.807, 2.05) is 24.3 Å². The van der Waals surface area contributed by atoms with Crippen LogP contribution in [-0.2, 0) is 9.59 Å². The molecule has 2 amide bonds. The number of hydrazone groups is 1. The molecule has 0 spiro atoms. The second kappa shape index (κ2) is 8.44. The number of fused-ring (bicyclic) bond motifs is 1. The maximum absolute atomic E-state index is 12.5.